The Hall–Kier alpha value is -1.45. The van der Waals surface area contributed by atoms with E-state index in [0.29, 0.717) is 39.1 Å². The van der Waals surface area contributed by atoms with E-state index < -0.39 is 9.84 Å². The van der Waals surface area contributed by atoms with Gasteiger partial charge in [-0.05, 0) is 34.5 Å². The van der Waals surface area contributed by atoms with E-state index in [9.17, 15) is 18.0 Å². The average Bonchev–Trinajstić information content (AvgIpc) is 3.24. The molecule has 0 bridgehead atoms. The molecule has 152 valence electrons. The third-order valence-electron chi connectivity index (χ3n) is 5.97. The molecule has 1 aromatic rings. The van der Waals surface area contributed by atoms with Crippen LogP contribution in [-0.2, 0) is 19.4 Å². The van der Waals surface area contributed by atoms with Crippen molar-refractivity contribution in [2.45, 2.75) is 18.9 Å². The minimum Gasteiger partial charge on any atom is -0.340 e. The smallest absolute Gasteiger partial charge is 0.228 e. The summed E-state index contributed by atoms with van der Waals surface area (Å²) in [5, 5.41) is 0. The maximum atomic E-state index is 13.0. The van der Waals surface area contributed by atoms with Gasteiger partial charge >= 0.3 is 0 Å². The zero-order chi connectivity index (χ0) is 19.9. The van der Waals surface area contributed by atoms with Crippen molar-refractivity contribution >= 4 is 43.3 Å². The molecule has 4 rings (SSSR count). The van der Waals surface area contributed by atoms with E-state index in [1.165, 1.54) is 0 Å². The standard InChI is InChI=1S/C19H24BrN3O4S/c20-16-3-1-2-4-17(16)23-12-14(11-18(23)24)19(25)22-8-6-21(7-9-22)15-5-10-28(26,27)13-15/h1-4,14-15H,5-13H2. The lowest BCUT2D eigenvalue weighted by Crippen LogP contribution is -2.53. The summed E-state index contributed by atoms with van der Waals surface area (Å²) < 4.78 is 24.2. The second-order valence-corrected chi connectivity index (χ2v) is 10.9. The number of hydrogen-bond acceptors (Lipinski definition) is 5. The number of amides is 2. The minimum absolute atomic E-state index is 0.0277. The number of sulfone groups is 1. The third kappa shape index (κ3) is 3.97. The van der Waals surface area contributed by atoms with Gasteiger partial charge in [-0.15, -0.1) is 0 Å². The number of hydrogen-bond donors (Lipinski definition) is 0. The monoisotopic (exact) mass is 469 g/mol. The maximum Gasteiger partial charge on any atom is 0.228 e. The van der Waals surface area contributed by atoms with Crippen LogP contribution in [0.15, 0.2) is 28.7 Å². The molecule has 3 fully saturated rings. The highest BCUT2D eigenvalue weighted by molar-refractivity contribution is 9.10. The SMILES string of the molecule is O=C(C1CC(=O)N(c2ccccc2Br)C1)N1CCN(C2CCS(=O)(=O)C2)CC1. The summed E-state index contributed by atoms with van der Waals surface area (Å²) in [6, 6.07) is 7.63. The Morgan fingerprint density at radius 2 is 1.82 bits per heavy atom. The first-order valence-corrected chi connectivity index (χ1v) is 12.2. The average molecular weight is 470 g/mol. The van der Waals surface area contributed by atoms with Crippen LogP contribution in [0, 0.1) is 5.92 Å². The Balaban J connectivity index is 1.35. The molecule has 0 radical (unpaired) electrons. The molecule has 0 saturated carbocycles. The van der Waals surface area contributed by atoms with E-state index in [4.69, 9.17) is 0 Å². The van der Waals surface area contributed by atoms with E-state index in [1.807, 2.05) is 29.2 Å². The van der Waals surface area contributed by atoms with Gasteiger partial charge in [0, 0.05) is 49.7 Å². The zero-order valence-corrected chi connectivity index (χ0v) is 18.0. The highest BCUT2D eigenvalue weighted by Crippen LogP contribution is 2.32. The molecule has 3 saturated heterocycles. The fourth-order valence-electron chi connectivity index (χ4n) is 4.41. The predicted octanol–water partition coefficient (Wildman–Crippen LogP) is 1.13. The molecule has 1 aromatic carbocycles. The summed E-state index contributed by atoms with van der Waals surface area (Å²) in [6.45, 7) is 2.98. The van der Waals surface area contributed by atoms with Gasteiger partial charge in [-0.2, -0.15) is 0 Å². The number of piperazine rings is 1. The van der Waals surface area contributed by atoms with Gasteiger partial charge in [0.05, 0.1) is 23.1 Å². The first-order valence-electron chi connectivity index (χ1n) is 9.62. The summed E-state index contributed by atoms with van der Waals surface area (Å²) in [5.74, 6) is 0.185. The Morgan fingerprint density at radius 3 is 2.46 bits per heavy atom. The Labute approximate surface area is 173 Å². The van der Waals surface area contributed by atoms with Crippen LogP contribution in [0.2, 0.25) is 0 Å². The number of anilines is 1. The van der Waals surface area contributed by atoms with Crippen LogP contribution < -0.4 is 4.90 Å². The number of rotatable bonds is 3. The molecule has 7 nitrogen and oxygen atoms in total. The van der Waals surface area contributed by atoms with Crippen molar-refractivity contribution in [2.24, 2.45) is 5.92 Å². The third-order valence-corrected chi connectivity index (χ3v) is 8.39. The van der Waals surface area contributed by atoms with Crippen LogP contribution in [0.1, 0.15) is 12.8 Å². The predicted molar refractivity (Wildman–Crippen MR) is 110 cm³/mol. The van der Waals surface area contributed by atoms with E-state index in [2.05, 4.69) is 20.8 Å². The molecule has 0 aliphatic carbocycles. The van der Waals surface area contributed by atoms with Gasteiger partial charge in [0.25, 0.3) is 0 Å². The van der Waals surface area contributed by atoms with E-state index >= 15 is 0 Å². The highest BCUT2D eigenvalue weighted by atomic mass is 79.9. The van der Waals surface area contributed by atoms with Gasteiger partial charge in [-0.1, -0.05) is 12.1 Å². The molecule has 28 heavy (non-hydrogen) atoms. The largest absolute Gasteiger partial charge is 0.340 e. The molecule has 3 aliphatic heterocycles. The number of halogens is 1. The molecule has 2 amide bonds. The summed E-state index contributed by atoms with van der Waals surface area (Å²) in [7, 11) is -2.90. The first-order chi connectivity index (χ1) is 13.3. The number of carbonyl (C=O) groups is 2. The van der Waals surface area contributed by atoms with Gasteiger partial charge in [0.15, 0.2) is 9.84 Å². The van der Waals surface area contributed by atoms with E-state index in [0.717, 1.165) is 10.2 Å². The topological polar surface area (TPSA) is 78.0 Å². The minimum atomic E-state index is -2.90. The Kier molecular flexibility index (Phi) is 5.50. The van der Waals surface area contributed by atoms with Crippen molar-refractivity contribution in [2.75, 3.05) is 49.1 Å². The van der Waals surface area contributed by atoms with Crippen molar-refractivity contribution in [1.29, 1.82) is 0 Å². The molecule has 0 spiro atoms. The summed E-state index contributed by atoms with van der Waals surface area (Å²) in [5.41, 5.74) is 0.801. The summed E-state index contributed by atoms with van der Waals surface area (Å²) >= 11 is 3.48. The van der Waals surface area contributed by atoms with Crippen LogP contribution in [0.5, 0.6) is 0 Å². The fraction of sp³-hybridized carbons (Fsp3) is 0.579. The fourth-order valence-corrected chi connectivity index (χ4v) is 6.67. The second kappa shape index (κ2) is 7.76. The van der Waals surface area contributed by atoms with Crippen molar-refractivity contribution in [3.05, 3.63) is 28.7 Å². The van der Waals surface area contributed by atoms with Crippen molar-refractivity contribution in [3.63, 3.8) is 0 Å². The lowest BCUT2D eigenvalue weighted by molar-refractivity contribution is -0.137. The molecule has 3 aliphatic rings. The number of benzene rings is 1. The van der Waals surface area contributed by atoms with Crippen LogP contribution in [0.4, 0.5) is 5.69 Å². The van der Waals surface area contributed by atoms with Gasteiger partial charge in [0.1, 0.15) is 0 Å². The normalized spacial score (nSPS) is 28.1. The van der Waals surface area contributed by atoms with Crippen molar-refractivity contribution in [3.8, 4) is 0 Å². The quantitative estimate of drug-likeness (QED) is 0.662. The summed E-state index contributed by atoms with van der Waals surface area (Å²) in [6.07, 6.45) is 0.926. The van der Waals surface area contributed by atoms with Crippen LogP contribution in [0.3, 0.4) is 0 Å². The molecule has 9 heteroatoms. The number of carbonyl (C=O) groups excluding carboxylic acids is 2. The van der Waals surface area contributed by atoms with E-state index in [-0.39, 0.29) is 41.7 Å². The van der Waals surface area contributed by atoms with Gasteiger partial charge in [0.2, 0.25) is 11.8 Å². The molecule has 2 atom stereocenters. The van der Waals surface area contributed by atoms with Gasteiger partial charge in [-0.25, -0.2) is 8.42 Å². The van der Waals surface area contributed by atoms with Crippen LogP contribution in [-0.4, -0.2) is 80.3 Å². The van der Waals surface area contributed by atoms with Crippen LogP contribution >= 0.6 is 15.9 Å². The molecule has 0 N–H and O–H groups in total. The molecule has 2 unspecified atom stereocenters. The number of nitrogens with zero attached hydrogens (tertiary/aromatic N) is 3. The van der Waals surface area contributed by atoms with Crippen molar-refractivity contribution < 1.29 is 18.0 Å². The molecule has 3 heterocycles. The second-order valence-electron chi connectivity index (χ2n) is 7.77. The lowest BCUT2D eigenvalue weighted by Gasteiger charge is -2.38. The van der Waals surface area contributed by atoms with Crippen molar-refractivity contribution in [1.82, 2.24) is 9.80 Å². The maximum absolute atomic E-state index is 13.0. The Morgan fingerprint density at radius 1 is 1.11 bits per heavy atom. The number of para-hydroxylation sites is 1. The molecular formula is C19H24BrN3O4S. The first kappa shape index (κ1) is 19.8. The van der Waals surface area contributed by atoms with E-state index in [1.54, 1.807) is 4.90 Å². The summed E-state index contributed by atoms with van der Waals surface area (Å²) in [4.78, 5) is 31.2. The molecular weight excluding hydrogens is 446 g/mol. The highest BCUT2D eigenvalue weighted by Gasteiger charge is 2.39. The van der Waals surface area contributed by atoms with Gasteiger partial charge in [-0.3, -0.25) is 14.5 Å². The lowest BCUT2D eigenvalue weighted by atomic mass is 10.1. The van der Waals surface area contributed by atoms with Gasteiger partial charge < -0.3 is 9.80 Å². The molecule has 0 aromatic heterocycles. The zero-order valence-electron chi connectivity index (χ0n) is 15.6. The Bertz CT molecular complexity index is 883. The van der Waals surface area contributed by atoms with Crippen LogP contribution in [0.25, 0.3) is 0 Å².